The lowest BCUT2D eigenvalue weighted by molar-refractivity contribution is 0.455. The van der Waals surface area contributed by atoms with Gasteiger partial charge in [0.1, 0.15) is 0 Å². The molecule has 1 atom stereocenters. The lowest BCUT2D eigenvalue weighted by Gasteiger charge is -2.31. The van der Waals surface area contributed by atoms with Crippen LogP contribution in [0.1, 0.15) is 42.4 Å². The van der Waals surface area contributed by atoms with Crippen LogP contribution in [0, 0.1) is 5.92 Å². The van der Waals surface area contributed by atoms with Gasteiger partial charge in [0.25, 0.3) is 0 Å². The molecule has 1 aliphatic carbocycles. The van der Waals surface area contributed by atoms with Gasteiger partial charge in [-0.25, -0.2) is 0 Å². The zero-order valence-corrected chi connectivity index (χ0v) is 12.8. The summed E-state index contributed by atoms with van der Waals surface area (Å²) in [5.74, 6) is 0.842. The number of anilines is 1. The number of hydrogen-bond donors (Lipinski definition) is 2. The van der Waals surface area contributed by atoms with Crippen LogP contribution >= 0.6 is 0 Å². The van der Waals surface area contributed by atoms with E-state index in [4.69, 9.17) is 11.5 Å². The van der Waals surface area contributed by atoms with Gasteiger partial charge in [0, 0.05) is 18.1 Å². The Labute approximate surface area is 132 Å². The van der Waals surface area contributed by atoms with Crippen molar-refractivity contribution in [1.29, 1.82) is 0 Å². The van der Waals surface area contributed by atoms with E-state index in [9.17, 15) is 0 Å². The number of hydrogen-bond acceptors (Lipinski definition) is 3. The van der Waals surface area contributed by atoms with Crippen LogP contribution in [0.25, 0.3) is 6.08 Å². The van der Waals surface area contributed by atoms with Crippen LogP contribution in [0.2, 0.25) is 0 Å². The molecule has 0 spiro atoms. The van der Waals surface area contributed by atoms with Crippen LogP contribution in [0.15, 0.2) is 49.3 Å². The summed E-state index contributed by atoms with van der Waals surface area (Å²) in [6.07, 6.45) is 10.1. The summed E-state index contributed by atoms with van der Waals surface area (Å²) in [6, 6.07) is 10.1. The normalized spacial score (nSPS) is 17.0. The van der Waals surface area contributed by atoms with Crippen LogP contribution in [-0.2, 0) is 5.54 Å². The lowest BCUT2D eigenvalue weighted by atomic mass is 9.79. The Morgan fingerprint density at radius 1 is 1.18 bits per heavy atom. The van der Waals surface area contributed by atoms with Gasteiger partial charge in [0.2, 0.25) is 0 Å². The molecule has 22 heavy (non-hydrogen) atoms. The Kier molecular flexibility index (Phi) is 3.99. The van der Waals surface area contributed by atoms with Gasteiger partial charge in [-0.15, -0.1) is 0 Å². The third-order valence-corrected chi connectivity index (χ3v) is 4.66. The Balaban J connectivity index is 2.00. The van der Waals surface area contributed by atoms with E-state index in [1.807, 2.05) is 24.3 Å². The lowest BCUT2D eigenvalue weighted by Crippen LogP contribution is -2.38. The van der Waals surface area contributed by atoms with Gasteiger partial charge in [0.15, 0.2) is 0 Å². The average Bonchev–Trinajstić information content (AvgIpc) is 3.38. The quantitative estimate of drug-likeness (QED) is 0.798. The fourth-order valence-electron chi connectivity index (χ4n) is 2.98. The summed E-state index contributed by atoms with van der Waals surface area (Å²) < 4.78 is 0. The first-order valence-corrected chi connectivity index (χ1v) is 7.85. The van der Waals surface area contributed by atoms with Crippen molar-refractivity contribution in [2.45, 2.75) is 31.2 Å². The van der Waals surface area contributed by atoms with Crippen LogP contribution in [0.3, 0.4) is 0 Å². The predicted octanol–water partition coefficient (Wildman–Crippen LogP) is 3.70. The molecule has 0 aliphatic heterocycles. The van der Waals surface area contributed by atoms with Crippen molar-refractivity contribution in [2.24, 2.45) is 11.7 Å². The number of rotatable bonds is 6. The van der Waals surface area contributed by atoms with Gasteiger partial charge in [-0.1, -0.05) is 37.6 Å². The molecule has 1 aromatic carbocycles. The molecule has 114 valence electrons. The summed E-state index contributed by atoms with van der Waals surface area (Å²) >= 11 is 0. The largest absolute Gasteiger partial charge is 0.398 e. The number of aromatic nitrogens is 1. The van der Waals surface area contributed by atoms with E-state index >= 15 is 0 Å². The van der Waals surface area contributed by atoms with Crippen LogP contribution in [-0.4, -0.2) is 4.98 Å². The zero-order valence-electron chi connectivity index (χ0n) is 12.8. The highest BCUT2D eigenvalue weighted by atomic mass is 14.8. The Hall–Kier alpha value is -2.13. The molecule has 0 radical (unpaired) electrons. The molecule has 4 N–H and O–H groups in total. The monoisotopic (exact) mass is 293 g/mol. The second-order valence-electron chi connectivity index (χ2n) is 6.24. The van der Waals surface area contributed by atoms with Crippen molar-refractivity contribution in [3.05, 3.63) is 66.0 Å². The number of nitrogen functional groups attached to an aromatic ring is 1. The molecule has 1 fully saturated rings. The fraction of sp³-hybridized carbons (Fsp3) is 0.316. The maximum Gasteiger partial charge on any atom is 0.0667 e. The maximum absolute atomic E-state index is 6.87. The number of nitrogens with zero attached hydrogens (tertiary/aromatic N) is 1. The molecule has 1 heterocycles. The number of nitrogens with two attached hydrogens (primary N) is 2. The van der Waals surface area contributed by atoms with Crippen molar-refractivity contribution in [1.82, 2.24) is 4.98 Å². The summed E-state index contributed by atoms with van der Waals surface area (Å²) in [5, 5.41) is 0. The zero-order chi connectivity index (χ0) is 15.6. The topological polar surface area (TPSA) is 64.9 Å². The van der Waals surface area contributed by atoms with Gasteiger partial charge in [-0.05, 0) is 53.6 Å². The summed E-state index contributed by atoms with van der Waals surface area (Å²) in [5.41, 5.74) is 16.3. The number of benzene rings is 1. The highest BCUT2D eigenvalue weighted by Gasteiger charge is 2.33. The fourth-order valence-corrected chi connectivity index (χ4v) is 2.98. The second kappa shape index (κ2) is 5.93. The molecule has 1 aromatic heterocycles. The summed E-state index contributed by atoms with van der Waals surface area (Å²) in [4.78, 5) is 4.11. The van der Waals surface area contributed by atoms with Crippen LogP contribution in [0.5, 0.6) is 0 Å². The smallest absolute Gasteiger partial charge is 0.0667 e. The van der Waals surface area contributed by atoms with Crippen LogP contribution < -0.4 is 11.5 Å². The average molecular weight is 293 g/mol. The molecule has 0 amide bonds. The minimum absolute atomic E-state index is 0.515. The predicted molar refractivity (Wildman–Crippen MR) is 92.1 cm³/mol. The first kappa shape index (κ1) is 14.8. The van der Waals surface area contributed by atoms with E-state index in [1.165, 1.54) is 12.8 Å². The highest BCUT2D eigenvalue weighted by Crippen LogP contribution is 2.40. The molecular formula is C19H23N3. The standard InChI is InChI=1S/C19H23N3/c1-2-15-5-6-17(13-18(15)20)19(21,10-7-14-3-4-14)16-8-11-22-12-9-16/h2,5-6,8-9,11-14H,1,3-4,7,10,20-21H2. The van der Waals surface area contributed by atoms with E-state index < -0.39 is 5.54 Å². The van der Waals surface area contributed by atoms with Gasteiger partial charge in [-0.2, -0.15) is 0 Å². The van der Waals surface area contributed by atoms with Crippen LogP contribution in [0.4, 0.5) is 5.69 Å². The van der Waals surface area contributed by atoms with Crippen molar-refractivity contribution in [2.75, 3.05) is 5.73 Å². The Morgan fingerprint density at radius 3 is 2.50 bits per heavy atom. The highest BCUT2D eigenvalue weighted by molar-refractivity contribution is 5.65. The molecule has 3 heteroatoms. The minimum Gasteiger partial charge on any atom is -0.398 e. The molecule has 2 aromatic rings. The van der Waals surface area contributed by atoms with Gasteiger partial charge in [0.05, 0.1) is 5.54 Å². The van der Waals surface area contributed by atoms with Gasteiger partial charge < -0.3 is 11.5 Å². The van der Waals surface area contributed by atoms with E-state index in [-0.39, 0.29) is 0 Å². The first-order chi connectivity index (χ1) is 10.6. The molecule has 1 saturated carbocycles. The maximum atomic E-state index is 6.87. The van der Waals surface area contributed by atoms with Gasteiger partial charge in [-0.3, -0.25) is 4.98 Å². The third kappa shape index (κ3) is 2.90. The number of pyridine rings is 1. The van der Waals surface area contributed by atoms with Crippen molar-refractivity contribution in [3.63, 3.8) is 0 Å². The molecule has 1 unspecified atom stereocenters. The van der Waals surface area contributed by atoms with E-state index in [2.05, 4.69) is 17.6 Å². The summed E-state index contributed by atoms with van der Waals surface area (Å²) in [7, 11) is 0. The van der Waals surface area contributed by atoms with E-state index in [0.717, 1.165) is 41.1 Å². The Bertz CT molecular complexity index is 662. The third-order valence-electron chi connectivity index (χ3n) is 4.66. The van der Waals surface area contributed by atoms with Crippen molar-refractivity contribution >= 4 is 11.8 Å². The molecule has 3 rings (SSSR count). The Morgan fingerprint density at radius 2 is 1.91 bits per heavy atom. The van der Waals surface area contributed by atoms with E-state index in [1.54, 1.807) is 18.5 Å². The van der Waals surface area contributed by atoms with Gasteiger partial charge >= 0.3 is 0 Å². The molecule has 0 bridgehead atoms. The van der Waals surface area contributed by atoms with Crippen molar-refractivity contribution < 1.29 is 0 Å². The summed E-state index contributed by atoms with van der Waals surface area (Å²) in [6.45, 7) is 3.79. The molecule has 1 aliphatic rings. The second-order valence-corrected chi connectivity index (χ2v) is 6.24. The minimum atomic E-state index is -0.515. The molecular weight excluding hydrogens is 270 g/mol. The molecule has 0 saturated heterocycles. The van der Waals surface area contributed by atoms with Crippen molar-refractivity contribution in [3.8, 4) is 0 Å². The molecule has 3 nitrogen and oxygen atoms in total. The van der Waals surface area contributed by atoms with E-state index in [0.29, 0.717) is 0 Å². The first-order valence-electron chi connectivity index (χ1n) is 7.85. The SMILES string of the molecule is C=Cc1ccc(C(N)(CCC2CC2)c2ccncc2)cc1N.